The summed E-state index contributed by atoms with van der Waals surface area (Å²) in [6, 6.07) is 3.57. The smallest absolute Gasteiger partial charge is 0.211 e. The van der Waals surface area contributed by atoms with Crippen LogP contribution in [0, 0.1) is 6.92 Å². The Morgan fingerprint density at radius 1 is 1.47 bits per heavy atom. The maximum atomic E-state index is 11.8. The lowest BCUT2D eigenvalue weighted by Gasteiger charge is -2.25. The predicted octanol–water partition coefficient (Wildman–Crippen LogP) is 0.676. The Morgan fingerprint density at radius 2 is 2.20 bits per heavy atom. The van der Waals surface area contributed by atoms with E-state index < -0.39 is 0 Å². The quantitative estimate of drug-likeness (QED) is 0.742. The van der Waals surface area contributed by atoms with Crippen molar-refractivity contribution in [2.24, 2.45) is 0 Å². The molecule has 1 aliphatic heterocycles. The van der Waals surface area contributed by atoms with Gasteiger partial charge in [0.25, 0.3) is 0 Å². The molecule has 15 heavy (non-hydrogen) atoms. The average molecular weight is 208 g/mol. The van der Waals surface area contributed by atoms with E-state index in [1.54, 1.807) is 6.07 Å². The summed E-state index contributed by atoms with van der Waals surface area (Å²) in [7, 11) is 0. The van der Waals surface area contributed by atoms with Gasteiger partial charge in [-0.3, -0.25) is 9.69 Å². The lowest BCUT2D eigenvalue weighted by Crippen LogP contribution is -2.45. The molecule has 0 bridgehead atoms. The highest BCUT2D eigenvalue weighted by Crippen LogP contribution is 2.08. The second kappa shape index (κ2) is 4.59. The van der Waals surface area contributed by atoms with E-state index in [1.807, 2.05) is 13.0 Å². The number of ketones is 1. The van der Waals surface area contributed by atoms with Crippen LogP contribution in [0.15, 0.2) is 16.5 Å². The van der Waals surface area contributed by atoms with E-state index in [0.717, 1.165) is 31.9 Å². The number of carbonyl (C=O) groups is 1. The van der Waals surface area contributed by atoms with E-state index in [9.17, 15) is 4.79 Å². The third-order valence-corrected chi connectivity index (χ3v) is 2.59. The molecule has 1 aromatic heterocycles. The first kappa shape index (κ1) is 10.4. The second-order valence-corrected chi connectivity index (χ2v) is 3.86. The van der Waals surface area contributed by atoms with Crippen molar-refractivity contribution in [2.45, 2.75) is 6.92 Å². The number of Topliss-reactive ketones (excluding diaryl/α,β-unsaturated/α-hetero) is 1. The van der Waals surface area contributed by atoms with E-state index >= 15 is 0 Å². The molecule has 1 fully saturated rings. The van der Waals surface area contributed by atoms with Gasteiger partial charge in [0.2, 0.25) is 5.78 Å². The van der Waals surface area contributed by atoms with Gasteiger partial charge in [0.15, 0.2) is 5.76 Å². The summed E-state index contributed by atoms with van der Waals surface area (Å²) in [5.41, 5.74) is 0. The SMILES string of the molecule is Cc1ccc(C(=O)CN2CCNCC2)o1. The molecule has 2 rings (SSSR count). The molecule has 1 saturated heterocycles. The van der Waals surface area contributed by atoms with Gasteiger partial charge in [-0.2, -0.15) is 0 Å². The molecular weight excluding hydrogens is 192 g/mol. The highest BCUT2D eigenvalue weighted by atomic mass is 16.3. The molecule has 0 amide bonds. The minimum absolute atomic E-state index is 0.0741. The summed E-state index contributed by atoms with van der Waals surface area (Å²) < 4.78 is 5.29. The average Bonchev–Trinajstić information content (AvgIpc) is 2.66. The molecule has 2 heterocycles. The Morgan fingerprint density at radius 3 is 2.80 bits per heavy atom. The van der Waals surface area contributed by atoms with Gasteiger partial charge in [0, 0.05) is 26.2 Å². The van der Waals surface area contributed by atoms with Crippen LogP contribution >= 0.6 is 0 Å². The zero-order valence-electron chi connectivity index (χ0n) is 8.95. The molecule has 0 atom stereocenters. The molecule has 4 nitrogen and oxygen atoms in total. The number of piperazine rings is 1. The van der Waals surface area contributed by atoms with Gasteiger partial charge < -0.3 is 9.73 Å². The molecule has 0 aromatic carbocycles. The first-order valence-electron chi connectivity index (χ1n) is 5.28. The molecule has 0 saturated carbocycles. The maximum Gasteiger partial charge on any atom is 0.211 e. The number of nitrogens with one attached hydrogen (secondary N) is 1. The lowest BCUT2D eigenvalue weighted by atomic mass is 10.2. The van der Waals surface area contributed by atoms with Crippen molar-refractivity contribution in [1.82, 2.24) is 10.2 Å². The fourth-order valence-electron chi connectivity index (χ4n) is 1.73. The van der Waals surface area contributed by atoms with Crippen molar-refractivity contribution in [3.8, 4) is 0 Å². The van der Waals surface area contributed by atoms with Crippen LogP contribution in [0.25, 0.3) is 0 Å². The van der Waals surface area contributed by atoms with E-state index in [4.69, 9.17) is 4.42 Å². The molecule has 1 aromatic rings. The van der Waals surface area contributed by atoms with E-state index in [1.165, 1.54) is 0 Å². The molecule has 0 spiro atoms. The fraction of sp³-hybridized carbons (Fsp3) is 0.545. The molecule has 82 valence electrons. The van der Waals surface area contributed by atoms with Crippen molar-refractivity contribution >= 4 is 5.78 Å². The van der Waals surface area contributed by atoms with Gasteiger partial charge in [-0.05, 0) is 19.1 Å². The van der Waals surface area contributed by atoms with Gasteiger partial charge in [-0.25, -0.2) is 0 Å². The Balaban J connectivity index is 1.91. The van der Waals surface area contributed by atoms with E-state index in [2.05, 4.69) is 10.2 Å². The number of carbonyl (C=O) groups excluding carboxylic acids is 1. The van der Waals surface area contributed by atoms with Crippen molar-refractivity contribution < 1.29 is 9.21 Å². The summed E-state index contributed by atoms with van der Waals surface area (Å²) >= 11 is 0. The molecule has 1 N–H and O–H groups in total. The Labute approximate surface area is 89.2 Å². The molecule has 1 aliphatic rings. The summed E-state index contributed by atoms with van der Waals surface area (Å²) in [4.78, 5) is 13.9. The van der Waals surface area contributed by atoms with E-state index in [-0.39, 0.29) is 5.78 Å². The van der Waals surface area contributed by atoms with E-state index in [0.29, 0.717) is 12.3 Å². The molecule has 4 heteroatoms. The summed E-state index contributed by atoms with van der Waals surface area (Å²) in [5.74, 6) is 1.34. The molecular formula is C11H16N2O2. The molecule has 0 unspecified atom stereocenters. The third kappa shape index (κ3) is 2.67. The van der Waals surface area contributed by atoms with Crippen LogP contribution in [0.5, 0.6) is 0 Å². The Hall–Kier alpha value is -1.13. The molecule has 0 aliphatic carbocycles. The van der Waals surface area contributed by atoms with Gasteiger partial charge in [-0.15, -0.1) is 0 Å². The largest absolute Gasteiger partial charge is 0.458 e. The minimum Gasteiger partial charge on any atom is -0.458 e. The summed E-state index contributed by atoms with van der Waals surface area (Å²) in [5, 5.41) is 3.26. The van der Waals surface area contributed by atoms with Crippen LogP contribution in [-0.2, 0) is 0 Å². The number of rotatable bonds is 3. The zero-order valence-corrected chi connectivity index (χ0v) is 8.95. The number of aryl methyl sites for hydroxylation is 1. The van der Waals surface area contributed by atoms with Gasteiger partial charge in [0.1, 0.15) is 5.76 Å². The van der Waals surface area contributed by atoms with Crippen LogP contribution in [0.2, 0.25) is 0 Å². The van der Waals surface area contributed by atoms with Gasteiger partial charge in [-0.1, -0.05) is 0 Å². The van der Waals surface area contributed by atoms with Crippen LogP contribution in [0.4, 0.5) is 0 Å². The standard InChI is InChI=1S/C11H16N2O2/c1-9-2-3-11(15-9)10(14)8-13-6-4-12-5-7-13/h2-3,12H,4-8H2,1H3. The Kier molecular flexibility index (Phi) is 3.18. The second-order valence-electron chi connectivity index (χ2n) is 3.86. The van der Waals surface area contributed by atoms with Crippen LogP contribution in [-0.4, -0.2) is 43.4 Å². The van der Waals surface area contributed by atoms with Gasteiger partial charge in [0.05, 0.1) is 6.54 Å². The van der Waals surface area contributed by atoms with Crippen molar-refractivity contribution in [2.75, 3.05) is 32.7 Å². The highest BCUT2D eigenvalue weighted by Gasteiger charge is 2.16. The Bertz CT molecular complexity index is 340. The van der Waals surface area contributed by atoms with Gasteiger partial charge >= 0.3 is 0 Å². The fourth-order valence-corrected chi connectivity index (χ4v) is 1.73. The number of furan rings is 1. The molecule has 0 radical (unpaired) electrons. The number of hydrogen-bond donors (Lipinski definition) is 1. The topological polar surface area (TPSA) is 45.5 Å². The number of hydrogen-bond acceptors (Lipinski definition) is 4. The predicted molar refractivity (Wildman–Crippen MR) is 57.1 cm³/mol. The highest BCUT2D eigenvalue weighted by molar-refractivity contribution is 5.95. The minimum atomic E-state index is 0.0741. The van der Waals surface area contributed by atoms with Crippen LogP contribution in [0.3, 0.4) is 0 Å². The maximum absolute atomic E-state index is 11.8. The first-order valence-corrected chi connectivity index (χ1v) is 5.28. The zero-order chi connectivity index (χ0) is 10.7. The van der Waals surface area contributed by atoms with Crippen LogP contribution < -0.4 is 5.32 Å². The van der Waals surface area contributed by atoms with Crippen molar-refractivity contribution in [3.63, 3.8) is 0 Å². The first-order chi connectivity index (χ1) is 7.25. The van der Waals surface area contributed by atoms with Crippen molar-refractivity contribution in [3.05, 3.63) is 23.7 Å². The number of nitrogens with zero attached hydrogens (tertiary/aromatic N) is 1. The monoisotopic (exact) mass is 208 g/mol. The normalized spacial score (nSPS) is 17.9. The van der Waals surface area contributed by atoms with Crippen molar-refractivity contribution in [1.29, 1.82) is 0 Å². The summed E-state index contributed by atoms with van der Waals surface area (Å²) in [6.07, 6.45) is 0. The van der Waals surface area contributed by atoms with Crippen LogP contribution in [0.1, 0.15) is 16.3 Å². The lowest BCUT2D eigenvalue weighted by molar-refractivity contribution is 0.0893. The third-order valence-electron chi connectivity index (χ3n) is 2.59. The summed E-state index contributed by atoms with van der Waals surface area (Å²) in [6.45, 7) is 6.11.